The van der Waals surface area contributed by atoms with E-state index in [0.29, 0.717) is 66.8 Å². The minimum atomic E-state index is -0.531. The van der Waals surface area contributed by atoms with Crippen molar-refractivity contribution in [1.82, 2.24) is 0 Å². The van der Waals surface area contributed by atoms with Crippen molar-refractivity contribution in [2.45, 2.75) is 64.3 Å². The Morgan fingerprint density at radius 1 is 0.574 bits per heavy atom. The monoisotopic (exact) mass is 803 g/mol. The zero-order chi connectivity index (χ0) is 37.7. The molecule has 0 atom stereocenters. The van der Waals surface area contributed by atoms with Crippen LogP contribution in [0.5, 0.6) is 23.0 Å². The number of halogens is 1. The lowest BCUT2D eigenvalue weighted by atomic mass is 10.1. The van der Waals surface area contributed by atoms with Gasteiger partial charge in [-0.1, -0.05) is 32.3 Å². The van der Waals surface area contributed by atoms with Gasteiger partial charge < -0.3 is 28.6 Å². The quantitative estimate of drug-likeness (QED) is 0.0239. The second-order valence-corrected chi connectivity index (χ2v) is 12.7. The largest absolute Gasteiger partial charge is 0.494 e. The second-order valence-electron chi connectivity index (χ2n) is 12.7. The SMILES string of the molecule is Br.C=CC(=O)OCCCCOc1ccc(C(=O)Oc2ccc(OC(=O)c3ccc(OCCCCCCCCC[n+]4ccc(N(C)C)cc4)cc3)cc2)cc1. The summed E-state index contributed by atoms with van der Waals surface area (Å²) in [5.41, 5.74) is 1.98. The molecule has 0 radical (unpaired) electrons. The number of rotatable bonds is 23. The molecule has 288 valence electrons. The summed E-state index contributed by atoms with van der Waals surface area (Å²) >= 11 is 0. The molecule has 4 aromatic rings. The van der Waals surface area contributed by atoms with Gasteiger partial charge in [-0.05, 0) is 98.5 Å². The van der Waals surface area contributed by atoms with Crippen LogP contribution in [-0.4, -0.2) is 51.8 Å². The van der Waals surface area contributed by atoms with E-state index in [1.165, 1.54) is 37.8 Å². The van der Waals surface area contributed by atoms with Crippen LogP contribution in [0.25, 0.3) is 0 Å². The summed E-state index contributed by atoms with van der Waals surface area (Å²) in [7, 11) is 4.11. The predicted molar refractivity (Wildman–Crippen MR) is 214 cm³/mol. The minimum absolute atomic E-state index is 0. The Morgan fingerprint density at radius 2 is 0.981 bits per heavy atom. The van der Waals surface area contributed by atoms with Crippen molar-refractivity contribution in [3.05, 3.63) is 121 Å². The fourth-order valence-electron chi connectivity index (χ4n) is 5.27. The van der Waals surface area contributed by atoms with Crippen molar-refractivity contribution in [3.8, 4) is 23.0 Å². The van der Waals surface area contributed by atoms with Gasteiger partial charge >= 0.3 is 17.9 Å². The van der Waals surface area contributed by atoms with Crippen LogP contribution < -0.4 is 28.4 Å². The maximum absolute atomic E-state index is 12.7. The van der Waals surface area contributed by atoms with Crippen LogP contribution in [0.15, 0.2) is 110 Å². The van der Waals surface area contributed by atoms with Crippen LogP contribution in [0.1, 0.15) is 78.5 Å². The summed E-state index contributed by atoms with van der Waals surface area (Å²) in [4.78, 5) is 38.5. The summed E-state index contributed by atoms with van der Waals surface area (Å²) in [6, 6.07) is 24.1. The number of benzene rings is 3. The van der Waals surface area contributed by atoms with Crippen LogP contribution in [0.2, 0.25) is 0 Å². The summed E-state index contributed by atoms with van der Waals surface area (Å²) in [5, 5.41) is 0. The second kappa shape index (κ2) is 24.2. The number of hydrogen-bond acceptors (Lipinski definition) is 9. The molecule has 0 spiro atoms. The average Bonchev–Trinajstić information content (AvgIpc) is 3.18. The highest BCUT2D eigenvalue weighted by Gasteiger charge is 2.12. The molecular weight excluding hydrogens is 752 g/mol. The summed E-state index contributed by atoms with van der Waals surface area (Å²) < 4.78 is 29.7. The Bertz CT molecular complexity index is 1710. The zero-order valence-corrected chi connectivity index (χ0v) is 33.0. The Balaban J connectivity index is 0.00000784. The topological polar surface area (TPSA) is 104 Å². The third-order valence-corrected chi connectivity index (χ3v) is 8.36. The number of ether oxygens (including phenoxy) is 5. The number of carbonyl (C=O) groups excluding carboxylic acids is 3. The van der Waals surface area contributed by atoms with Gasteiger partial charge in [-0.25, -0.2) is 19.0 Å². The lowest BCUT2D eigenvalue weighted by molar-refractivity contribution is -0.697. The standard InChI is InChI=1S/C43H51N2O8.BrH/c1-4-41(46)51-33-13-12-32-50-38-20-16-35(17-21-38)43(48)53-40-24-22-39(23-25-40)52-42(47)34-14-18-37(19-15-34)49-31-11-9-7-5-6-8-10-28-45-29-26-36(27-30-45)44(2)3;/h4,14-27,29-30H,1,5-13,28,31-33H2,2-3H3;1H/q+1;. The van der Waals surface area contributed by atoms with Crippen LogP contribution >= 0.6 is 17.0 Å². The van der Waals surface area contributed by atoms with Crippen LogP contribution in [-0.2, 0) is 16.1 Å². The predicted octanol–water partition coefficient (Wildman–Crippen LogP) is 8.75. The number of anilines is 1. The molecule has 11 heteroatoms. The third-order valence-electron chi connectivity index (χ3n) is 8.36. The van der Waals surface area contributed by atoms with Crippen molar-refractivity contribution in [2.75, 3.05) is 38.8 Å². The maximum atomic E-state index is 12.7. The van der Waals surface area contributed by atoms with Gasteiger partial charge in [-0.2, -0.15) is 0 Å². The van der Waals surface area contributed by atoms with E-state index in [1.54, 1.807) is 72.8 Å². The fourth-order valence-corrected chi connectivity index (χ4v) is 5.27. The van der Waals surface area contributed by atoms with Crippen LogP contribution in [0.4, 0.5) is 5.69 Å². The molecule has 4 rings (SSSR count). The van der Waals surface area contributed by atoms with E-state index in [-0.39, 0.29) is 17.0 Å². The Morgan fingerprint density at radius 3 is 1.44 bits per heavy atom. The molecule has 0 N–H and O–H groups in total. The molecule has 0 saturated heterocycles. The number of hydrogen-bond donors (Lipinski definition) is 0. The molecule has 0 unspecified atom stereocenters. The molecule has 0 aliphatic heterocycles. The summed E-state index contributed by atoms with van der Waals surface area (Å²) in [6.07, 6.45) is 15.1. The number of aromatic nitrogens is 1. The van der Waals surface area contributed by atoms with E-state index in [9.17, 15) is 14.4 Å². The van der Waals surface area contributed by atoms with E-state index in [1.807, 2.05) is 0 Å². The zero-order valence-electron chi connectivity index (χ0n) is 31.3. The maximum Gasteiger partial charge on any atom is 0.343 e. The highest BCUT2D eigenvalue weighted by atomic mass is 79.9. The molecule has 3 aromatic carbocycles. The number of pyridine rings is 1. The first-order valence-electron chi connectivity index (χ1n) is 18.3. The molecule has 0 aliphatic carbocycles. The molecule has 0 amide bonds. The molecule has 1 heterocycles. The third kappa shape index (κ3) is 15.8. The smallest absolute Gasteiger partial charge is 0.343 e. The van der Waals surface area contributed by atoms with Gasteiger partial charge in [0.05, 0.1) is 30.9 Å². The van der Waals surface area contributed by atoms with Gasteiger partial charge in [-0.15, -0.1) is 17.0 Å². The van der Waals surface area contributed by atoms with Gasteiger partial charge in [-0.3, -0.25) is 0 Å². The average molecular weight is 805 g/mol. The summed E-state index contributed by atoms with van der Waals surface area (Å²) in [5.74, 6) is 0.486. The molecule has 10 nitrogen and oxygen atoms in total. The Labute approximate surface area is 329 Å². The van der Waals surface area contributed by atoms with Gasteiger partial charge in [0.15, 0.2) is 12.4 Å². The highest BCUT2D eigenvalue weighted by molar-refractivity contribution is 8.93. The molecule has 1 aromatic heterocycles. The number of esters is 3. The first-order chi connectivity index (χ1) is 25.8. The van der Waals surface area contributed by atoms with Crippen molar-refractivity contribution >= 4 is 40.6 Å². The van der Waals surface area contributed by atoms with Crippen molar-refractivity contribution in [3.63, 3.8) is 0 Å². The molecule has 0 saturated carbocycles. The molecule has 0 bridgehead atoms. The fraction of sp³-hybridized carbons (Fsp3) is 0.349. The summed E-state index contributed by atoms with van der Waals surface area (Å²) in [6.45, 7) is 5.80. The Kier molecular flexibility index (Phi) is 19.4. The van der Waals surface area contributed by atoms with Crippen molar-refractivity contribution in [1.29, 1.82) is 0 Å². The lowest BCUT2D eigenvalue weighted by Gasteiger charge is -2.10. The lowest BCUT2D eigenvalue weighted by Crippen LogP contribution is -2.32. The molecule has 0 fully saturated rings. The first kappa shape index (κ1) is 43.2. The highest BCUT2D eigenvalue weighted by Crippen LogP contribution is 2.22. The van der Waals surface area contributed by atoms with Gasteiger partial charge in [0.1, 0.15) is 29.5 Å². The van der Waals surface area contributed by atoms with Crippen molar-refractivity contribution in [2.24, 2.45) is 0 Å². The van der Waals surface area contributed by atoms with Gasteiger partial charge in [0.25, 0.3) is 0 Å². The van der Waals surface area contributed by atoms with E-state index in [2.05, 4.69) is 54.7 Å². The molecule has 0 aliphatic rings. The first-order valence-corrected chi connectivity index (χ1v) is 18.3. The van der Waals surface area contributed by atoms with Gasteiger partial charge in [0.2, 0.25) is 0 Å². The Hall–Kier alpha value is -5.16. The van der Waals surface area contributed by atoms with E-state index < -0.39 is 17.9 Å². The van der Waals surface area contributed by atoms with E-state index in [4.69, 9.17) is 23.7 Å². The van der Waals surface area contributed by atoms with Crippen LogP contribution in [0.3, 0.4) is 0 Å². The van der Waals surface area contributed by atoms with Crippen molar-refractivity contribution < 1.29 is 42.6 Å². The number of nitrogens with zero attached hydrogens (tertiary/aromatic N) is 2. The molecular formula is C43H52BrN2O8+. The number of carbonyl (C=O) groups is 3. The molecule has 54 heavy (non-hydrogen) atoms. The van der Waals surface area contributed by atoms with Gasteiger partial charge in [0, 0.05) is 44.4 Å². The van der Waals surface area contributed by atoms with Crippen LogP contribution in [0, 0.1) is 0 Å². The minimum Gasteiger partial charge on any atom is -0.494 e. The van der Waals surface area contributed by atoms with E-state index >= 15 is 0 Å². The normalized spacial score (nSPS) is 10.4. The number of aryl methyl sites for hydroxylation is 1. The number of unbranched alkanes of at least 4 members (excludes halogenated alkanes) is 7. The van der Waals surface area contributed by atoms with E-state index in [0.717, 1.165) is 25.5 Å².